The van der Waals surface area contributed by atoms with E-state index in [0.717, 1.165) is 17.0 Å². The minimum Gasteiger partial charge on any atom is -0.252 e. The van der Waals surface area contributed by atoms with E-state index in [1.54, 1.807) is 12.1 Å². The first kappa shape index (κ1) is 11.9. The lowest BCUT2D eigenvalue weighted by molar-refractivity contribution is 1.12. The standard InChI is InChI=1S/C13H8Cl2N2/c14-9-4-5-11(12(15)8-9)13-3-1-2-10(17-13)6-7-16/h1-5,8H,6H2. The monoisotopic (exact) mass is 262 g/mol. The van der Waals surface area contributed by atoms with E-state index in [1.807, 2.05) is 24.3 Å². The van der Waals surface area contributed by atoms with Gasteiger partial charge in [0, 0.05) is 10.6 Å². The molecule has 0 fully saturated rings. The molecule has 0 spiro atoms. The molecule has 0 N–H and O–H groups in total. The number of aromatic nitrogens is 1. The van der Waals surface area contributed by atoms with Crippen molar-refractivity contribution >= 4 is 23.2 Å². The maximum atomic E-state index is 8.64. The van der Waals surface area contributed by atoms with Gasteiger partial charge in [0.1, 0.15) is 0 Å². The zero-order valence-electron chi connectivity index (χ0n) is 8.82. The molecule has 0 aliphatic carbocycles. The topological polar surface area (TPSA) is 36.7 Å². The normalized spacial score (nSPS) is 9.94. The highest BCUT2D eigenvalue weighted by Crippen LogP contribution is 2.29. The highest BCUT2D eigenvalue weighted by molar-refractivity contribution is 6.36. The largest absolute Gasteiger partial charge is 0.252 e. The molecule has 1 aromatic heterocycles. The summed E-state index contributed by atoms with van der Waals surface area (Å²) in [6.07, 6.45) is 0.291. The average molecular weight is 263 g/mol. The van der Waals surface area contributed by atoms with E-state index in [1.165, 1.54) is 0 Å². The molecule has 4 heteroatoms. The van der Waals surface area contributed by atoms with Gasteiger partial charge >= 0.3 is 0 Å². The third-order valence-corrected chi connectivity index (χ3v) is 2.82. The molecule has 0 unspecified atom stereocenters. The second-order valence-corrected chi connectivity index (χ2v) is 4.32. The number of nitriles is 1. The van der Waals surface area contributed by atoms with Crippen LogP contribution >= 0.6 is 23.2 Å². The van der Waals surface area contributed by atoms with Crippen LogP contribution in [0.15, 0.2) is 36.4 Å². The molecule has 0 bridgehead atoms. The number of rotatable bonds is 2. The van der Waals surface area contributed by atoms with E-state index in [2.05, 4.69) is 11.1 Å². The van der Waals surface area contributed by atoms with Gasteiger partial charge in [-0.15, -0.1) is 0 Å². The molecule has 2 aromatic rings. The van der Waals surface area contributed by atoms with Gasteiger partial charge in [-0.2, -0.15) is 5.26 Å². The van der Waals surface area contributed by atoms with E-state index in [0.29, 0.717) is 16.5 Å². The summed E-state index contributed by atoms with van der Waals surface area (Å²) in [7, 11) is 0. The summed E-state index contributed by atoms with van der Waals surface area (Å²) in [5, 5.41) is 9.78. The first-order valence-corrected chi connectivity index (χ1v) is 5.74. The fourth-order valence-electron chi connectivity index (χ4n) is 1.51. The zero-order valence-corrected chi connectivity index (χ0v) is 10.3. The van der Waals surface area contributed by atoms with Crippen molar-refractivity contribution in [3.05, 3.63) is 52.1 Å². The highest BCUT2D eigenvalue weighted by Gasteiger charge is 2.06. The predicted octanol–water partition coefficient (Wildman–Crippen LogP) is 4.12. The second-order valence-electron chi connectivity index (χ2n) is 3.47. The SMILES string of the molecule is N#CCc1cccc(-c2ccc(Cl)cc2Cl)n1. The van der Waals surface area contributed by atoms with Gasteiger partial charge in [0.2, 0.25) is 0 Å². The fraction of sp³-hybridized carbons (Fsp3) is 0.0769. The van der Waals surface area contributed by atoms with Gasteiger partial charge in [0.25, 0.3) is 0 Å². The van der Waals surface area contributed by atoms with E-state index in [4.69, 9.17) is 28.5 Å². The predicted molar refractivity (Wildman–Crippen MR) is 69.0 cm³/mol. The van der Waals surface area contributed by atoms with Crippen molar-refractivity contribution in [3.8, 4) is 17.3 Å². The molecule has 84 valence electrons. The Bertz CT molecular complexity index is 588. The first-order chi connectivity index (χ1) is 8.20. The maximum Gasteiger partial charge on any atom is 0.0774 e. The van der Waals surface area contributed by atoms with Crippen molar-refractivity contribution < 1.29 is 0 Å². The van der Waals surface area contributed by atoms with E-state index in [9.17, 15) is 0 Å². The van der Waals surface area contributed by atoms with Gasteiger partial charge in [-0.25, -0.2) is 0 Å². The lowest BCUT2D eigenvalue weighted by Crippen LogP contribution is -1.91. The van der Waals surface area contributed by atoms with Gasteiger partial charge in [0.05, 0.1) is 28.9 Å². The van der Waals surface area contributed by atoms with Crippen LogP contribution in [0.3, 0.4) is 0 Å². The summed E-state index contributed by atoms with van der Waals surface area (Å²) >= 11 is 11.9. The van der Waals surface area contributed by atoms with Crippen LogP contribution in [0.5, 0.6) is 0 Å². The molecule has 0 saturated carbocycles. The Balaban J connectivity index is 2.46. The molecule has 0 atom stereocenters. The van der Waals surface area contributed by atoms with Gasteiger partial charge in [-0.3, -0.25) is 4.98 Å². The van der Waals surface area contributed by atoms with Crippen LogP contribution in [0.2, 0.25) is 10.0 Å². The second kappa shape index (κ2) is 5.18. The summed E-state index contributed by atoms with van der Waals surface area (Å²) in [4.78, 5) is 4.37. The summed E-state index contributed by atoms with van der Waals surface area (Å²) in [6.45, 7) is 0. The molecule has 0 amide bonds. The van der Waals surface area contributed by atoms with Crippen molar-refractivity contribution in [1.82, 2.24) is 4.98 Å². The van der Waals surface area contributed by atoms with Crippen LogP contribution in [0.4, 0.5) is 0 Å². The maximum absolute atomic E-state index is 8.64. The van der Waals surface area contributed by atoms with E-state index in [-0.39, 0.29) is 0 Å². The molecule has 1 heterocycles. The van der Waals surface area contributed by atoms with Gasteiger partial charge < -0.3 is 0 Å². The van der Waals surface area contributed by atoms with E-state index < -0.39 is 0 Å². The number of hydrogen-bond donors (Lipinski definition) is 0. The molecule has 0 aliphatic heterocycles. The molecule has 0 aliphatic rings. The van der Waals surface area contributed by atoms with Crippen LogP contribution in [-0.2, 0) is 6.42 Å². The average Bonchev–Trinajstić information content (AvgIpc) is 2.29. The Kier molecular flexibility index (Phi) is 3.63. The Hall–Kier alpha value is -1.56. The molecule has 0 radical (unpaired) electrons. The van der Waals surface area contributed by atoms with Crippen molar-refractivity contribution in [2.24, 2.45) is 0 Å². The minimum atomic E-state index is 0.291. The summed E-state index contributed by atoms with van der Waals surface area (Å²) in [5.41, 5.74) is 2.30. The summed E-state index contributed by atoms with van der Waals surface area (Å²) < 4.78 is 0. The number of hydrogen-bond acceptors (Lipinski definition) is 2. The fourth-order valence-corrected chi connectivity index (χ4v) is 2.01. The van der Waals surface area contributed by atoms with Gasteiger partial charge in [-0.1, -0.05) is 29.3 Å². The molecule has 2 rings (SSSR count). The Labute approximate surface area is 109 Å². The molecule has 0 saturated heterocycles. The Morgan fingerprint density at radius 2 is 2.00 bits per heavy atom. The van der Waals surface area contributed by atoms with Gasteiger partial charge in [-0.05, 0) is 30.3 Å². The molecule has 2 nitrogen and oxygen atoms in total. The lowest BCUT2D eigenvalue weighted by Gasteiger charge is -2.05. The summed E-state index contributed by atoms with van der Waals surface area (Å²) in [5.74, 6) is 0. The minimum absolute atomic E-state index is 0.291. The quantitative estimate of drug-likeness (QED) is 0.817. The number of nitrogens with zero attached hydrogens (tertiary/aromatic N) is 2. The van der Waals surface area contributed by atoms with Gasteiger partial charge in [0.15, 0.2) is 0 Å². The summed E-state index contributed by atoms with van der Waals surface area (Å²) in [6, 6.07) is 12.9. The van der Waals surface area contributed by atoms with Crippen LogP contribution in [0, 0.1) is 11.3 Å². The van der Waals surface area contributed by atoms with Crippen LogP contribution in [-0.4, -0.2) is 4.98 Å². The molecule has 1 aromatic carbocycles. The number of benzene rings is 1. The smallest absolute Gasteiger partial charge is 0.0774 e. The Morgan fingerprint density at radius 3 is 2.71 bits per heavy atom. The van der Waals surface area contributed by atoms with Crippen LogP contribution in [0.1, 0.15) is 5.69 Å². The van der Waals surface area contributed by atoms with Crippen molar-refractivity contribution in [1.29, 1.82) is 5.26 Å². The molecule has 17 heavy (non-hydrogen) atoms. The van der Waals surface area contributed by atoms with Crippen molar-refractivity contribution in [2.75, 3.05) is 0 Å². The first-order valence-electron chi connectivity index (χ1n) is 4.99. The Morgan fingerprint density at radius 1 is 1.18 bits per heavy atom. The van der Waals surface area contributed by atoms with Crippen LogP contribution in [0.25, 0.3) is 11.3 Å². The molecular formula is C13H8Cl2N2. The number of pyridine rings is 1. The highest BCUT2D eigenvalue weighted by atomic mass is 35.5. The lowest BCUT2D eigenvalue weighted by atomic mass is 10.1. The van der Waals surface area contributed by atoms with E-state index >= 15 is 0 Å². The third-order valence-electron chi connectivity index (χ3n) is 2.27. The molecular weight excluding hydrogens is 255 g/mol. The van der Waals surface area contributed by atoms with Crippen molar-refractivity contribution in [3.63, 3.8) is 0 Å². The third kappa shape index (κ3) is 2.76. The zero-order chi connectivity index (χ0) is 12.3. The van der Waals surface area contributed by atoms with Crippen LogP contribution < -0.4 is 0 Å². The number of halogens is 2. The van der Waals surface area contributed by atoms with Crippen molar-refractivity contribution in [2.45, 2.75) is 6.42 Å².